The van der Waals surface area contributed by atoms with Crippen molar-refractivity contribution in [2.24, 2.45) is 0 Å². The zero-order valence-corrected chi connectivity index (χ0v) is 14.2. The van der Waals surface area contributed by atoms with Crippen molar-refractivity contribution < 1.29 is 17.6 Å². The number of alkyl halides is 3. The molecule has 26 heavy (non-hydrogen) atoms. The van der Waals surface area contributed by atoms with Gasteiger partial charge in [-0.3, -0.25) is 4.57 Å². The van der Waals surface area contributed by atoms with E-state index in [2.05, 4.69) is 10.3 Å². The molecule has 0 spiro atoms. The van der Waals surface area contributed by atoms with Crippen molar-refractivity contribution in [1.82, 2.24) is 14.9 Å². The molecule has 138 valence electrons. The molecule has 0 fully saturated rings. The van der Waals surface area contributed by atoms with Crippen LogP contribution in [0.15, 0.2) is 51.8 Å². The normalized spacial score (nSPS) is 13.2. The molecule has 0 saturated carbocycles. The first-order valence-corrected chi connectivity index (χ1v) is 8.21. The summed E-state index contributed by atoms with van der Waals surface area (Å²) in [6.07, 6.45) is -3.85. The van der Waals surface area contributed by atoms with Gasteiger partial charge in [-0.05, 0) is 29.8 Å². The standard InChI is InChI=1S/C17H15ClF3N3O2/c18-12-5-3-11(4-6-12)13(10-17(19,20)21)22-8-9-24-15-14(26-16(24)25)2-1-7-23-15/h1-7,13,22H,8-10H2. The summed E-state index contributed by atoms with van der Waals surface area (Å²) in [5.74, 6) is -0.598. The Morgan fingerprint density at radius 2 is 1.96 bits per heavy atom. The number of hydrogen-bond donors (Lipinski definition) is 1. The zero-order valence-electron chi connectivity index (χ0n) is 13.5. The lowest BCUT2D eigenvalue weighted by atomic mass is 10.0. The quantitative estimate of drug-likeness (QED) is 0.698. The number of hydrogen-bond acceptors (Lipinski definition) is 4. The summed E-state index contributed by atoms with van der Waals surface area (Å²) in [7, 11) is 0. The highest BCUT2D eigenvalue weighted by Crippen LogP contribution is 2.30. The lowest BCUT2D eigenvalue weighted by Gasteiger charge is -2.21. The number of oxazole rings is 1. The first-order valence-electron chi connectivity index (χ1n) is 7.83. The van der Waals surface area contributed by atoms with E-state index < -0.39 is 24.4 Å². The molecule has 0 radical (unpaired) electrons. The fourth-order valence-electron chi connectivity index (χ4n) is 2.68. The Hall–Kier alpha value is -2.32. The number of aromatic nitrogens is 2. The van der Waals surface area contributed by atoms with Crippen molar-refractivity contribution >= 4 is 22.8 Å². The fraction of sp³-hybridized carbons (Fsp3) is 0.294. The number of halogens is 4. The second-order valence-corrected chi connectivity index (χ2v) is 6.16. The topological polar surface area (TPSA) is 60.1 Å². The maximum absolute atomic E-state index is 12.9. The Balaban J connectivity index is 1.74. The van der Waals surface area contributed by atoms with Crippen molar-refractivity contribution in [3.8, 4) is 0 Å². The molecular formula is C17H15ClF3N3O2. The van der Waals surface area contributed by atoms with E-state index in [0.717, 1.165) is 0 Å². The molecule has 1 unspecified atom stereocenters. The molecule has 5 nitrogen and oxygen atoms in total. The summed E-state index contributed by atoms with van der Waals surface area (Å²) < 4.78 is 45.0. The van der Waals surface area contributed by atoms with Crippen LogP contribution in [0.3, 0.4) is 0 Å². The van der Waals surface area contributed by atoms with E-state index in [-0.39, 0.29) is 13.1 Å². The Bertz CT molecular complexity index is 935. The Morgan fingerprint density at radius 3 is 2.65 bits per heavy atom. The van der Waals surface area contributed by atoms with Crippen LogP contribution in [-0.4, -0.2) is 22.3 Å². The second kappa shape index (κ2) is 7.51. The lowest BCUT2D eigenvalue weighted by Crippen LogP contribution is -2.31. The van der Waals surface area contributed by atoms with Gasteiger partial charge in [0.1, 0.15) is 0 Å². The zero-order chi connectivity index (χ0) is 18.7. The van der Waals surface area contributed by atoms with E-state index in [0.29, 0.717) is 21.8 Å². The SMILES string of the molecule is O=c1oc2cccnc2n1CCNC(CC(F)(F)F)c1ccc(Cl)cc1. The molecule has 0 aliphatic carbocycles. The van der Waals surface area contributed by atoms with Crippen LogP contribution < -0.4 is 11.1 Å². The van der Waals surface area contributed by atoms with Gasteiger partial charge in [-0.2, -0.15) is 13.2 Å². The predicted octanol–water partition coefficient (Wildman–Crippen LogP) is 3.93. The molecular weight excluding hydrogens is 371 g/mol. The van der Waals surface area contributed by atoms with Crippen LogP contribution in [0.2, 0.25) is 5.02 Å². The van der Waals surface area contributed by atoms with Gasteiger partial charge in [-0.25, -0.2) is 9.78 Å². The number of nitrogens with one attached hydrogen (secondary N) is 1. The molecule has 2 heterocycles. The number of fused-ring (bicyclic) bond motifs is 1. The van der Waals surface area contributed by atoms with Gasteiger partial charge in [0.05, 0.1) is 6.42 Å². The third-order valence-electron chi connectivity index (χ3n) is 3.86. The van der Waals surface area contributed by atoms with E-state index in [1.807, 2.05) is 0 Å². The molecule has 2 aromatic heterocycles. The highest BCUT2D eigenvalue weighted by molar-refractivity contribution is 6.30. The second-order valence-electron chi connectivity index (χ2n) is 5.72. The lowest BCUT2D eigenvalue weighted by molar-refractivity contribution is -0.140. The van der Waals surface area contributed by atoms with Crippen LogP contribution in [0.25, 0.3) is 11.2 Å². The number of rotatable bonds is 6. The molecule has 0 aliphatic rings. The van der Waals surface area contributed by atoms with E-state index in [9.17, 15) is 18.0 Å². The van der Waals surface area contributed by atoms with Crippen molar-refractivity contribution in [2.75, 3.05) is 6.54 Å². The Kier molecular flexibility index (Phi) is 5.33. The Morgan fingerprint density at radius 1 is 1.23 bits per heavy atom. The maximum atomic E-state index is 12.9. The summed E-state index contributed by atoms with van der Waals surface area (Å²) in [6, 6.07) is 8.47. The van der Waals surface area contributed by atoms with Gasteiger partial charge in [-0.1, -0.05) is 23.7 Å². The molecule has 1 N–H and O–H groups in total. The van der Waals surface area contributed by atoms with Gasteiger partial charge in [0.25, 0.3) is 0 Å². The molecule has 1 aromatic carbocycles. The summed E-state index contributed by atoms with van der Waals surface area (Å²) in [6.45, 7) is 0.263. The van der Waals surface area contributed by atoms with Gasteiger partial charge in [0.15, 0.2) is 11.2 Å². The minimum atomic E-state index is -4.34. The molecule has 9 heteroatoms. The van der Waals surface area contributed by atoms with Gasteiger partial charge >= 0.3 is 11.9 Å². The molecule has 0 aliphatic heterocycles. The predicted molar refractivity (Wildman–Crippen MR) is 91.1 cm³/mol. The van der Waals surface area contributed by atoms with Crippen LogP contribution in [0, 0.1) is 0 Å². The summed E-state index contributed by atoms with van der Waals surface area (Å²) in [5, 5.41) is 3.30. The van der Waals surface area contributed by atoms with E-state index >= 15 is 0 Å². The highest BCUT2D eigenvalue weighted by atomic mass is 35.5. The fourth-order valence-corrected chi connectivity index (χ4v) is 2.81. The molecule has 0 bridgehead atoms. The van der Waals surface area contributed by atoms with Crippen molar-refractivity contribution in [3.63, 3.8) is 0 Å². The van der Waals surface area contributed by atoms with Crippen molar-refractivity contribution in [3.05, 3.63) is 63.7 Å². The molecule has 0 saturated heterocycles. The molecule has 3 aromatic rings. The molecule has 0 amide bonds. The first-order chi connectivity index (χ1) is 12.3. The summed E-state index contributed by atoms with van der Waals surface area (Å²) in [5.41, 5.74) is 1.16. The van der Waals surface area contributed by atoms with Crippen LogP contribution >= 0.6 is 11.6 Å². The average molecular weight is 386 g/mol. The van der Waals surface area contributed by atoms with E-state index in [1.54, 1.807) is 36.4 Å². The van der Waals surface area contributed by atoms with Crippen LogP contribution in [0.4, 0.5) is 13.2 Å². The summed E-state index contributed by atoms with van der Waals surface area (Å²) in [4.78, 5) is 16.0. The monoisotopic (exact) mass is 385 g/mol. The van der Waals surface area contributed by atoms with Gasteiger partial charge < -0.3 is 9.73 Å². The maximum Gasteiger partial charge on any atom is 0.421 e. The average Bonchev–Trinajstić information content (AvgIpc) is 2.89. The number of benzene rings is 1. The number of nitrogens with zero attached hydrogens (tertiary/aromatic N) is 2. The van der Waals surface area contributed by atoms with E-state index in [4.69, 9.17) is 16.0 Å². The third kappa shape index (κ3) is 4.44. The van der Waals surface area contributed by atoms with Crippen molar-refractivity contribution in [1.29, 1.82) is 0 Å². The Labute approximate surface area is 151 Å². The summed E-state index contributed by atoms with van der Waals surface area (Å²) >= 11 is 5.80. The first kappa shape index (κ1) is 18.5. The molecule has 3 rings (SSSR count). The smallest absolute Gasteiger partial charge is 0.406 e. The molecule has 1 atom stereocenters. The van der Waals surface area contributed by atoms with Gasteiger partial charge in [-0.15, -0.1) is 0 Å². The van der Waals surface area contributed by atoms with Crippen LogP contribution in [-0.2, 0) is 6.54 Å². The minimum absolute atomic E-state index is 0.130. The number of pyridine rings is 1. The van der Waals surface area contributed by atoms with E-state index in [1.165, 1.54) is 10.8 Å². The minimum Gasteiger partial charge on any atom is -0.406 e. The van der Waals surface area contributed by atoms with Gasteiger partial charge in [0.2, 0.25) is 0 Å². The third-order valence-corrected chi connectivity index (χ3v) is 4.11. The van der Waals surface area contributed by atoms with Crippen molar-refractivity contribution in [2.45, 2.75) is 25.2 Å². The largest absolute Gasteiger partial charge is 0.421 e. The van der Waals surface area contributed by atoms with Gasteiger partial charge in [0, 0.05) is 30.4 Å². The highest BCUT2D eigenvalue weighted by Gasteiger charge is 2.32. The van der Waals surface area contributed by atoms with Crippen LogP contribution in [0.5, 0.6) is 0 Å². The van der Waals surface area contributed by atoms with Crippen LogP contribution in [0.1, 0.15) is 18.0 Å².